The first kappa shape index (κ1) is 14.7. The van der Waals surface area contributed by atoms with Gasteiger partial charge in [0.2, 0.25) is 0 Å². The highest BCUT2D eigenvalue weighted by atomic mass is 16.7. The van der Waals surface area contributed by atoms with Crippen LogP contribution in [0.25, 0.3) is 0 Å². The summed E-state index contributed by atoms with van der Waals surface area (Å²) in [6, 6.07) is 0. The van der Waals surface area contributed by atoms with Gasteiger partial charge in [0.25, 0.3) is 0 Å². The molecular formula is C12H21N3O3. The Hall–Kier alpha value is -1.40. The van der Waals surface area contributed by atoms with Crippen molar-refractivity contribution in [2.75, 3.05) is 6.61 Å². The molecule has 18 heavy (non-hydrogen) atoms. The minimum atomic E-state index is -0.363. The standard InChI is InChI=1S/C12H21N3O3/c1-6-17-11(16)9-7-13-15(5)10(9)8-14-18-12(2,3)4/h7,14H,6,8H2,1-5H3. The predicted molar refractivity (Wildman–Crippen MR) is 66.8 cm³/mol. The number of nitrogens with one attached hydrogen (secondary N) is 1. The highest BCUT2D eigenvalue weighted by Gasteiger charge is 2.18. The normalized spacial score (nSPS) is 11.6. The van der Waals surface area contributed by atoms with Crippen molar-refractivity contribution in [1.82, 2.24) is 15.3 Å². The molecule has 1 heterocycles. The summed E-state index contributed by atoms with van der Waals surface area (Å²) >= 11 is 0. The van der Waals surface area contributed by atoms with Gasteiger partial charge in [-0.15, -0.1) is 0 Å². The highest BCUT2D eigenvalue weighted by molar-refractivity contribution is 5.90. The summed E-state index contributed by atoms with van der Waals surface area (Å²) < 4.78 is 6.60. The van der Waals surface area contributed by atoms with E-state index in [4.69, 9.17) is 9.57 Å². The van der Waals surface area contributed by atoms with E-state index in [1.807, 2.05) is 20.8 Å². The maximum absolute atomic E-state index is 11.7. The SMILES string of the molecule is CCOC(=O)c1cnn(C)c1CNOC(C)(C)C. The zero-order chi connectivity index (χ0) is 13.8. The number of nitrogens with zero attached hydrogens (tertiary/aromatic N) is 2. The average molecular weight is 255 g/mol. The molecule has 6 nitrogen and oxygen atoms in total. The van der Waals surface area contributed by atoms with Crippen molar-refractivity contribution in [3.05, 3.63) is 17.5 Å². The molecular weight excluding hydrogens is 234 g/mol. The van der Waals surface area contributed by atoms with Crippen molar-refractivity contribution >= 4 is 5.97 Å². The smallest absolute Gasteiger partial charge is 0.341 e. The van der Waals surface area contributed by atoms with E-state index in [9.17, 15) is 4.79 Å². The van der Waals surface area contributed by atoms with Crippen LogP contribution in [0.4, 0.5) is 0 Å². The Morgan fingerprint density at radius 2 is 2.17 bits per heavy atom. The Kier molecular flexibility index (Phi) is 4.86. The molecule has 1 N–H and O–H groups in total. The number of carbonyl (C=O) groups excluding carboxylic acids is 1. The Morgan fingerprint density at radius 3 is 2.72 bits per heavy atom. The molecule has 1 rings (SSSR count). The van der Waals surface area contributed by atoms with Gasteiger partial charge in [0, 0.05) is 7.05 Å². The zero-order valence-electron chi connectivity index (χ0n) is 11.6. The number of hydrogen-bond acceptors (Lipinski definition) is 5. The lowest BCUT2D eigenvalue weighted by Crippen LogP contribution is -2.29. The second-order valence-corrected chi connectivity index (χ2v) is 4.88. The van der Waals surface area contributed by atoms with E-state index >= 15 is 0 Å². The summed E-state index contributed by atoms with van der Waals surface area (Å²) in [5.41, 5.74) is 3.74. The van der Waals surface area contributed by atoms with Crippen LogP contribution in [0, 0.1) is 0 Å². The largest absolute Gasteiger partial charge is 0.462 e. The predicted octanol–water partition coefficient (Wildman–Crippen LogP) is 1.42. The molecule has 0 unspecified atom stereocenters. The van der Waals surface area contributed by atoms with Gasteiger partial charge in [0.15, 0.2) is 0 Å². The third kappa shape index (κ3) is 4.12. The molecule has 1 aromatic rings. The van der Waals surface area contributed by atoms with Crippen LogP contribution in [0.15, 0.2) is 6.20 Å². The average Bonchev–Trinajstić information content (AvgIpc) is 2.59. The van der Waals surface area contributed by atoms with E-state index in [1.165, 1.54) is 6.20 Å². The minimum Gasteiger partial charge on any atom is -0.462 e. The molecule has 6 heteroatoms. The van der Waals surface area contributed by atoms with E-state index in [0.717, 1.165) is 5.69 Å². The fraction of sp³-hybridized carbons (Fsp3) is 0.667. The molecule has 0 aromatic carbocycles. The van der Waals surface area contributed by atoms with E-state index < -0.39 is 0 Å². The Balaban J connectivity index is 2.70. The fourth-order valence-electron chi connectivity index (χ4n) is 1.37. The molecule has 0 saturated heterocycles. The van der Waals surface area contributed by atoms with Crippen molar-refractivity contribution in [3.8, 4) is 0 Å². The molecule has 102 valence electrons. The van der Waals surface area contributed by atoms with Gasteiger partial charge in [-0.3, -0.25) is 9.52 Å². The molecule has 0 spiro atoms. The van der Waals surface area contributed by atoms with Crippen molar-refractivity contribution in [2.45, 2.75) is 39.8 Å². The van der Waals surface area contributed by atoms with Crippen molar-refractivity contribution < 1.29 is 14.4 Å². The molecule has 0 bridgehead atoms. The lowest BCUT2D eigenvalue weighted by Gasteiger charge is -2.19. The van der Waals surface area contributed by atoms with Gasteiger partial charge in [0.1, 0.15) is 5.56 Å². The first-order valence-corrected chi connectivity index (χ1v) is 5.94. The third-order valence-corrected chi connectivity index (χ3v) is 2.17. The van der Waals surface area contributed by atoms with Crippen molar-refractivity contribution in [2.24, 2.45) is 7.05 Å². The summed E-state index contributed by atoms with van der Waals surface area (Å²) in [5.74, 6) is -0.363. The topological polar surface area (TPSA) is 65.4 Å². The van der Waals surface area contributed by atoms with Gasteiger partial charge < -0.3 is 4.74 Å². The lowest BCUT2D eigenvalue weighted by atomic mass is 10.2. The van der Waals surface area contributed by atoms with Gasteiger partial charge >= 0.3 is 5.97 Å². The first-order valence-electron chi connectivity index (χ1n) is 5.94. The second-order valence-electron chi connectivity index (χ2n) is 4.88. The van der Waals surface area contributed by atoms with Gasteiger partial charge in [-0.25, -0.2) is 4.79 Å². The van der Waals surface area contributed by atoms with E-state index in [1.54, 1.807) is 18.7 Å². The van der Waals surface area contributed by atoms with Gasteiger partial charge in [-0.05, 0) is 27.7 Å². The quantitative estimate of drug-likeness (QED) is 0.636. The van der Waals surface area contributed by atoms with Crippen molar-refractivity contribution in [3.63, 3.8) is 0 Å². The molecule has 0 amide bonds. The van der Waals surface area contributed by atoms with Crippen LogP contribution in [0.3, 0.4) is 0 Å². The molecule has 0 aliphatic carbocycles. The maximum atomic E-state index is 11.7. The number of aromatic nitrogens is 2. The fourth-order valence-corrected chi connectivity index (χ4v) is 1.37. The summed E-state index contributed by atoms with van der Waals surface area (Å²) in [5, 5.41) is 4.06. The Labute approximate surface area is 107 Å². The van der Waals surface area contributed by atoms with Crippen LogP contribution in [-0.4, -0.2) is 28.0 Å². The van der Waals surface area contributed by atoms with Crippen LogP contribution in [0.1, 0.15) is 43.7 Å². The Bertz CT molecular complexity index is 407. The van der Waals surface area contributed by atoms with Gasteiger partial charge in [-0.1, -0.05) is 0 Å². The van der Waals surface area contributed by atoms with E-state index in [-0.39, 0.29) is 11.6 Å². The molecule has 0 aliphatic rings. The van der Waals surface area contributed by atoms with E-state index in [0.29, 0.717) is 18.7 Å². The minimum absolute atomic E-state index is 0.289. The summed E-state index contributed by atoms with van der Waals surface area (Å²) in [4.78, 5) is 17.1. The number of hydroxylamine groups is 1. The highest BCUT2D eigenvalue weighted by Crippen LogP contribution is 2.10. The molecule has 1 aromatic heterocycles. The van der Waals surface area contributed by atoms with E-state index in [2.05, 4.69) is 10.6 Å². The second kappa shape index (κ2) is 5.97. The van der Waals surface area contributed by atoms with Gasteiger partial charge in [0.05, 0.1) is 30.6 Å². The molecule has 0 radical (unpaired) electrons. The van der Waals surface area contributed by atoms with Crippen molar-refractivity contribution in [1.29, 1.82) is 0 Å². The summed E-state index contributed by atoms with van der Waals surface area (Å²) in [6.45, 7) is 8.33. The summed E-state index contributed by atoms with van der Waals surface area (Å²) in [7, 11) is 1.77. The third-order valence-electron chi connectivity index (χ3n) is 2.17. The lowest BCUT2D eigenvalue weighted by molar-refractivity contribution is -0.0765. The zero-order valence-corrected chi connectivity index (χ0v) is 11.6. The number of hydrogen-bond donors (Lipinski definition) is 1. The number of rotatable bonds is 5. The molecule has 0 atom stereocenters. The molecule has 0 saturated carbocycles. The Morgan fingerprint density at radius 1 is 1.50 bits per heavy atom. The molecule has 0 fully saturated rings. The maximum Gasteiger partial charge on any atom is 0.341 e. The number of aryl methyl sites for hydroxylation is 1. The van der Waals surface area contributed by atoms with Crippen LogP contribution >= 0.6 is 0 Å². The van der Waals surface area contributed by atoms with Crippen LogP contribution < -0.4 is 5.48 Å². The van der Waals surface area contributed by atoms with Crippen LogP contribution in [0.5, 0.6) is 0 Å². The van der Waals surface area contributed by atoms with Crippen LogP contribution in [0.2, 0.25) is 0 Å². The number of esters is 1. The van der Waals surface area contributed by atoms with Gasteiger partial charge in [-0.2, -0.15) is 10.6 Å². The summed E-state index contributed by atoms with van der Waals surface area (Å²) in [6.07, 6.45) is 1.51. The first-order chi connectivity index (χ1) is 8.35. The molecule has 0 aliphatic heterocycles. The van der Waals surface area contributed by atoms with Crippen LogP contribution in [-0.2, 0) is 23.2 Å². The number of ether oxygens (including phenoxy) is 1. The number of carbonyl (C=O) groups is 1. The monoisotopic (exact) mass is 255 g/mol.